The number of carbonyl (C=O) groups is 1. The van der Waals surface area contributed by atoms with Gasteiger partial charge in [0.1, 0.15) is 18.2 Å². The number of likely N-dealkylation sites (N-methyl/N-ethyl adjacent to an activating group) is 1. The van der Waals surface area contributed by atoms with Gasteiger partial charge in [-0.05, 0) is 30.7 Å². The van der Waals surface area contributed by atoms with Crippen molar-refractivity contribution in [3.8, 4) is 11.4 Å². The van der Waals surface area contributed by atoms with Crippen LogP contribution >= 0.6 is 0 Å². The molecule has 27 heavy (non-hydrogen) atoms. The van der Waals surface area contributed by atoms with Crippen LogP contribution in [0.5, 0.6) is 0 Å². The van der Waals surface area contributed by atoms with Crippen molar-refractivity contribution in [3.63, 3.8) is 0 Å². The maximum absolute atomic E-state index is 13.7. The maximum atomic E-state index is 13.7. The molecule has 2 aromatic carbocycles. The average molecular weight is 365 g/mol. The third-order valence-electron chi connectivity index (χ3n) is 4.32. The van der Waals surface area contributed by atoms with E-state index in [0.717, 1.165) is 5.69 Å². The summed E-state index contributed by atoms with van der Waals surface area (Å²) in [4.78, 5) is 31.3. The second kappa shape index (κ2) is 7.95. The zero-order valence-corrected chi connectivity index (χ0v) is 15.2. The summed E-state index contributed by atoms with van der Waals surface area (Å²) in [5.41, 5.74) is 1.44. The highest BCUT2D eigenvalue weighted by Gasteiger charge is 2.17. The van der Waals surface area contributed by atoms with Gasteiger partial charge in [-0.25, -0.2) is 9.37 Å². The summed E-state index contributed by atoms with van der Waals surface area (Å²) in [7, 11) is 1.65. The van der Waals surface area contributed by atoms with Crippen molar-refractivity contribution >= 4 is 11.6 Å². The van der Waals surface area contributed by atoms with Crippen LogP contribution in [0.1, 0.15) is 12.6 Å². The zero-order chi connectivity index (χ0) is 19.4. The minimum absolute atomic E-state index is 0.187. The number of amides is 1. The summed E-state index contributed by atoms with van der Waals surface area (Å²) in [6, 6.07) is 16.4. The Morgan fingerprint density at radius 3 is 2.52 bits per heavy atom. The number of aromatic nitrogens is 2. The highest BCUT2D eigenvalue weighted by Crippen LogP contribution is 2.18. The maximum Gasteiger partial charge on any atom is 0.254 e. The summed E-state index contributed by atoms with van der Waals surface area (Å²) in [5, 5.41) is 0. The molecule has 5 nitrogen and oxygen atoms in total. The topological polar surface area (TPSA) is 55.2 Å². The van der Waals surface area contributed by atoms with E-state index in [1.165, 1.54) is 27.7 Å². The fourth-order valence-corrected chi connectivity index (χ4v) is 2.77. The number of hydrogen-bond acceptors (Lipinski definition) is 3. The van der Waals surface area contributed by atoms with Gasteiger partial charge in [0.25, 0.3) is 5.56 Å². The van der Waals surface area contributed by atoms with Gasteiger partial charge >= 0.3 is 0 Å². The lowest BCUT2D eigenvalue weighted by atomic mass is 10.2. The van der Waals surface area contributed by atoms with Gasteiger partial charge < -0.3 is 4.90 Å². The fourth-order valence-electron chi connectivity index (χ4n) is 2.77. The molecule has 0 aliphatic rings. The number of anilines is 1. The van der Waals surface area contributed by atoms with Crippen molar-refractivity contribution in [1.29, 1.82) is 0 Å². The number of rotatable bonds is 5. The molecule has 3 rings (SSSR count). The SMILES string of the molecule is CCc1cc(=O)n(CC(=O)N(C)c2ccccc2)c(-c2cccc(F)c2)n1. The molecule has 0 aliphatic heterocycles. The molecule has 0 spiro atoms. The van der Waals surface area contributed by atoms with Crippen LogP contribution in [-0.4, -0.2) is 22.5 Å². The number of hydrogen-bond donors (Lipinski definition) is 0. The molecule has 3 aromatic rings. The van der Waals surface area contributed by atoms with Crippen molar-refractivity contribution in [3.05, 3.63) is 82.5 Å². The lowest BCUT2D eigenvalue weighted by molar-refractivity contribution is -0.118. The minimum Gasteiger partial charge on any atom is -0.314 e. The molecule has 0 aliphatic carbocycles. The molecule has 0 bridgehead atoms. The first-order valence-corrected chi connectivity index (χ1v) is 8.68. The first-order valence-electron chi connectivity index (χ1n) is 8.68. The molecule has 1 aromatic heterocycles. The molecule has 0 unspecified atom stereocenters. The standard InChI is InChI=1S/C21H20FN3O2/c1-3-17-13-19(26)25(21(23-17)15-8-7-9-16(22)12-15)14-20(27)24(2)18-10-5-4-6-11-18/h4-13H,3,14H2,1-2H3. The number of para-hydroxylation sites is 1. The third-order valence-corrected chi connectivity index (χ3v) is 4.32. The predicted molar refractivity (Wildman–Crippen MR) is 103 cm³/mol. The molecule has 0 radical (unpaired) electrons. The molecule has 0 saturated heterocycles. The van der Waals surface area contributed by atoms with E-state index in [1.54, 1.807) is 19.2 Å². The van der Waals surface area contributed by atoms with Gasteiger partial charge in [0.15, 0.2) is 0 Å². The van der Waals surface area contributed by atoms with Crippen molar-refractivity contribution < 1.29 is 9.18 Å². The number of nitrogens with zero attached hydrogens (tertiary/aromatic N) is 3. The molecular weight excluding hydrogens is 345 g/mol. The Bertz CT molecular complexity index is 1020. The molecule has 0 fully saturated rings. The summed E-state index contributed by atoms with van der Waals surface area (Å²) >= 11 is 0. The molecule has 1 amide bonds. The van der Waals surface area contributed by atoms with E-state index in [-0.39, 0.29) is 23.8 Å². The summed E-state index contributed by atoms with van der Waals surface area (Å²) in [6.45, 7) is 1.70. The zero-order valence-electron chi connectivity index (χ0n) is 15.2. The van der Waals surface area contributed by atoms with Crippen LogP contribution in [0.25, 0.3) is 11.4 Å². The monoisotopic (exact) mass is 365 g/mol. The molecule has 0 N–H and O–H groups in total. The van der Waals surface area contributed by atoms with E-state index in [9.17, 15) is 14.0 Å². The Balaban J connectivity index is 2.02. The quantitative estimate of drug-likeness (QED) is 0.697. The van der Waals surface area contributed by atoms with E-state index >= 15 is 0 Å². The number of halogens is 1. The molecule has 1 heterocycles. The fraction of sp³-hybridized carbons (Fsp3) is 0.190. The average Bonchev–Trinajstić information content (AvgIpc) is 2.69. The van der Waals surface area contributed by atoms with Crippen LogP contribution in [0.4, 0.5) is 10.1 Å². The molecular formula is C21H20FN3O2. The molecule has 0 saturated carbocycles. The highest BCUT2D eigenvalue weighted by atomic mass is 19.1. The number of carbonyl (C=O) groups excluding carboxylic acids is 1. The van der Waals surface area contributed by atoms with Crippen LogP contribution in [0, 0.1) is 5.82 Å². The van der Waals surface area contributed by atoms with Gasteiger partial charge in [0, 0.05) is 30.1 Å². The predicted octanol–water partition coefficient (Wildman–Crippen LogP) is 3.27. The largest absolute Gasteiger partial charge is 0.314 e. The van der Waals surface area contributed by atoms with Crippen molar-refractivity contribution in [2.24, 2.45) is 0 Å². The van der Waals surface area contributed by atoms with Crippen LogP contribution in [0.3, 0.4) is 0 Å². The Labute approximate surface area is 156 Å². The lowest BCUT2D eigenvalue weighted by Gasteiger charge is -2.19. The van der Waals surface area contributed by atoms with Gasteiger partial charge in [-0.3, -0.25) is 14.2 Å². The summed E-state index contributed by atoms with van der Waals surface area (Å²) in [5.74, 6) is -0.413. The van der Waals surface area contributed by atoms with E-state index in [1.807, 2.05) is 37.3 Å². The van der Waals surface area contributed by atoms with Crippen molar-refractivity contribution in [2.45, 2.75) is 19.9 Å². The van der Waals surface area contributed by atoms with Crippen molar-refractivity contribution in [2.75, 3.05) is 11.9 Å². The minimum atomic E-state index is -0.428. The van der Waals surface area contributed by atoms with E-state index in [0.29, 0.717) is 17.7 Å². The normalized spacial score (nSPS) is 10.6. The third kappa shape index (κ3) is 4.11. The first kappa shape index (κ1) is 18.5. The van der Waals surface area contributed by atoms with E-state index in [2.05, 4.69) is 4.98 Å². The van der Waals surface area contributed by atoms with Gasteiger partial charge in [0.2, 0.25) is 5.91 Å². The highest BCUT2D eigenvalue weighted by molar-refractivity contribution is 5.92. The Morgan fingerprint density at radius 1 is 1.11 bits per heavy atom. The molecule has 138 valence electrons. The molecule has 0 atom stereocenters. The smallest absolute Gasteiger partial charge is 0.254 e. The van der Waals surface area contributed by atoms with E-state index in [4.69, 9.17) is 0 Å². The van der Waals surface area contributed by atoms with Gasteiger partial charge in [-0.2, -0.15) is 0 Å². The number of benzene rings is 2. The van der Waals surface area contributed by atoms with Gasteiger partial charge in [-0.15, -0.1) is 0 Å². The van der Waals surface area contributed by atoms with Crippen LogP contribution in [0.15, 0.2) is 65.5 Å². The number of aryl methyl sites for hydroxylation is 1. The Hall–Kier alpha value is -3.28. The van der Waals surface area contributed by atoms with Crippen molar-refractivity contribution in [1.82, 2.24) is 9.55 Å². The summed E-state index contributed by atoms with van der Waals surface area (Å²) < 4.78 is 15.0. The summed E-state index contributed by atoms with van der Waals surface area (Å²) in [6.07, 6.45) is 0.566. The van der Waals surface area contributed by atoms with Crippen LogP contribution < -0.4 is 10.5 Å². The second-order valence-electron chi connectivity index (χ2n) is 6.15. The van der Waals surface area contributed by atoms with E-state index < -0.39 is 5.82 Å². The lowest BCUT2D eigenvalue weighted by Crippen LogP contribution is -2.35. The Kier molecular flexibility index (Phi) is 5.45. The van der Waals surface area contributed by atoms with Crippen LogP contribution in [0.2, 0.25) is 0 Å². The van der Waals surface area contributed by atoms with Crippen LogP contribution in [-0.2, 0) is 17.8 Å². The van der Waals surface area contributed by atoms with Gasteiger partial charge in [0.05, 0.1) is 0 Å². The molecule has 6 heteroatoms. The first-order chi connectivity index (χ1) is 13.0. The Morgan fingerprint density at radius 2 is 1.85 bits per heavy atom. The van der Waals surface area contributed by atoms with Gasteiger partial charge in [-0.1, -0.05) is 37.3 Å². The second-order valence-corrected chi connectivity index (χ2v) is 6.15.